The number of nitrogens with one attached hydrogen (secondary N) is 1. The van der Waals surface area contributed by atoms with Crippen molar-refractivity contribution in [3.8, 4) is 5.69 Å². The third kappa shape index (κ3) is 3.89. The van der Waals surface area contributed by atoms with Crippen LogP contribution in [-0.4, -0.2) is 26.8 Å². The molecular formula is C25H26N4O2. The lowest BCUT2D eigenvalue weighted by atomic mass is 10.1. The molecule has 0 fully saturated rings. The van der Waals surface area contributed by atoms with E-state index >= 15 is 0 Å². The van der Waals surface area contributed by atoms with E-state index in [9.17, 15) is 9.59 Å². The lowest BCUT2D eigenvalue weighted by Crippen LogP contribution is -2.33. The molecule has 1 amide bonds. The number of para-hydroxylation sites is 1. The van der Waals surface area contributed by atoms with Crippen molar-refractivity contribution >= 4 is 16.7 Å². The summed E-state index contributed by atoms with van der Waals surface area (Å²) in [6.07, 6.45) is 2.49. The normalized spacial score (nSPS) is 12.1. The van der Waals surface area contributed by atoms with Gasteiger partial charge < -0.3 is 9.88 Å². The van der Waals surface area contributed by atoms with E-state index in [2.05, 4.69) is 10.4 Å². The first kappa shape index (κ1) is 20.6. The van der Waals surface area contributed by atoms with Gasteiger partial charge in [-0.1, -0.05) is 48.5 Å². The van der Waals surface area contributed by atoms with Crippen LogP contribution in [0.5, 0.6) is 0 Å². The van der Waals surface area contributed by atoms with Crippen LogP contribution in [0.25, 0.3) is 16.5 Å². The second-order valence-corrected chi connectivity index (χ2v) is 7.73. The zero-order valence-electron chi connectivity index (χ0n) is 18.0. The van der Waals surface area contributed by atoms with Crippen LogP contribution in [0.3, 0.4) is 0 Å². The maximum Gasteiger partial charge on any atom is 0.281 e. The molecule has 0 aliphatic heterocycles. The SMILES string of the molecule is Cc1c2cnn(-c3ccccc3)c(=O)c2c(C)n1C(C)C(=O)NCCc1ccccc1. The van der Waals surface area contributed by atoms with Crippen molar-refractivity contribution < 1.29 is 4.79 Å². The zero-order chi connectivity index (χ0) is 22.0. The number of benzene rings is 2. The fourth-order valence-electron chi connectivity index (χ4n) is 4.15. The maximum absolute atomic E-state index is 13.2. The maximum atomic E-state index is 13.2. The number of aryl methyl sites for hydroxylation is 2. The van der Waals surface area contributed by atoms with Crippen LogP contribution in [0, 0.1) is 13.8 Å². The minimum absolute atomic E-state index is 0.0706. The Morgan fingerprint density at radius 3 is 2.32 bits per heavy atom. The molecule has 2 aromatic heterocycles. The van der Waals surface area contributed by atoms with Crippen molar-refractivity contribution in [2.45, 2.75) is 33.2 Å². The van der Waals surface area contributed by atoms with E-state index < -0.39 is 6.04 Å². The predicted octanol–water partition coefficient (Wildman–Crippen LogP) is 3.72. The molecule has 4 aromatic rings. The molecule has 1 N–H and O–H groups in total. The smallest absolute Gasteiger partial charge is 0.281 e. The van der Waals surface area contributed by atoms with Gasteiger partial charge in [-0.15, -0.1) is 0 Å². The van der Waals surface area contributed by atoms with Crippen molar-refractivity contribution in [1.82, 2.24) is 19.7 Å². The Labute approximate surface area is 181 Å². The topological polar surface area (TPSA) is 68.9 Å². The number of carbonyl (C=O) groups excluding carboxylic acids is 1. The van der Waals surface area contributed by atoms with Crippen LogP contribution in [0.1, 0.15) is 29.9 Å². The summed E-state index contributed by atoms with van der Waals surface area (Å²) in [5.74, 6) is -0.0706. The lowest BCUT2D eigenvalue weighted by Gasteiger charge is -2.18. The van der Waals surface area contributed by atoms with Crippen LogP contribution >= 0.6 is 0 Å². The quantitative estimate of drug-likeness (QED) is 0.523. The highest BCUT2D eigenvalue weighted by molar-refractivity contribution is 5.89. The molecule has 6 heteroatoms. The van der Waals surface area contributed by atoms with E-state index in [0.29, 0.717) is 17.6 Å². The first-order valence-corrected chi connectivity index (χ1v) is 10.5. The number of carbonyl (C=O) groups is 1. The zero-order valence-corrected chi connectivity index (χ0v) is 18.0. The van der Waals surface area contributed by atoms with E-state index in [1.54, 1.807) is 6.20 Å². The van der Waals surface area contributed by atoms with E-state index in [1.165, 1.54) is 10.2 Å². The second kappa shape index (κ2) is 8.60. The van der Waals surface area contributed by atoms with Gasteiger partial charge in [-0.3, -0.25) is 9.59 Å². The summed E-state index contributed by atoms with van der Waals surface area (Å²) in [5.41, 5.74) is 3.35. The van der Waals surface area contributed by atoms with Crippen LogP contribution in [-0.2, 0) is 11.2 Å². The Morgan fingerprint density at radius 2 is 1.65 bits per heavy atom. The number of hydrogen-bond acceptors (Lipinski definition) is 3. The number of amides is 1. The Balaban J connectivity index is 1.62. The second-order valence-electron chi connectivity index (χ2n) is 7.73. The van der Waals surface area contributed by atoms with E-state index in [0.717, 1.165) is 23.2 Å². The molecule has 0 saturated heterocycles. The van der Waals surface area contributed by atoms with Crippen LogP contribution in [0.2, 0.25) is 0 Å². The van der Waals surface area contributed by atoms with Crippen LogP contribution in [0.4, 0.5) is 0 Å². The summed E-state index contributed by atoms with van der Waals surface area (Å²) in [5, 5.41) is 8.76. The van der Waals surface area contributed by atoms with E-state index in [-0.39, 0.29) is 11.5 Å². The molecule has 4 rings (SSSR count). The first-order chi connectivity index (χ1) is 15.0. The van der Waals surface area contributed by atoms with Crippen molar-refractivity contribution in [2.24, 2.45) is 0 Å². The largest absolute Gasteiger partial charge is 0.354 e. The van der Waals surface area contributed by atoms with Crippen molar-refractivity contribution in [2.75, 3.05) is 6.54 Å². The van der Waals surface area contributed by atoms with Crippen molar-refractivity contribution in [3.05, 3.63) is 94.2 Å². The number of hydrogen-bond donors (Lipinski definition) is 1. The molecule has 0 bridgehead atoms. The lowest BCUT2D eigenvalue weighted by molar-refractivity contribution is -0.123. The summed E-state index contributed by atoms with van der Waals surface area (Å²) < 4.78 is 3.34. The molecule has 31 heavy (non-hydrogen) atoms. The molecule has 0 saturated carbocycles. The fourth-order valence-corrected chi connectivity index (χ4v) is 4.15. The monoisotopic (exact) mass is 414 g/mol. The number of fused-ring (bicyclic) bond motifs is 1. The van der Waals surface area contributed by atoms with Gasteiger partial charge in [0.15, 0.2) is 0 Å². The highest BCUT2D eigenvalue weighted by Gasteiger charge is 2.23. The van der Waals surface area contributed by atoms with Gasteiger partial charge in [0.2, 0.25) is 5.91 Å². The molecule has 158 valence electrons. The Bertz CT molecular complexity index is 1270. The summed E-state index contributed by atoms with van der Waals surface area (Å²) in [4.78, 5) is 26.1. The Hall–Kier alpha value is -3.67. The third-order valence-electron chi connectivity index (χ3n) is 5.78. The molecule has 0 aliphatic carbocycles. The van der Waals surface area contributed by atoms with Gasteiger partial charge in [0.25, 0.3) is 5.56 Å². The average molecular weight is 415 g/mol. The molecule has 1 unspecified atom stereocenters. The minimum Gasteiger partial charge on any atom is -0.354 e. The van der Waals surface area contributed by atoms with Gasteiger partial charge in [-0.2, -0.15) is 9.78 Å². The Morgan fingerprint density at radius 1 is 1.00 bits per heavy atom. The van der Waals surface area contributed by atoms with E-state index in [1.807, 2.05) is 86.0 Å². The Kier molecular flexibility index (Phi) is 5.71. The minimum atomic E-state index is -0.437. The molecule has 0 aliphatic rings. The highest BCUT2D eigenvalue weighted by Crippen LogP contribution is 2.26. The standard InChI is InChI=1S/C25H26N4O2/c1-17-22-16-27-29(21-12-8-5-9-13-21)25(31)23(22)18(2)28(17)19(3)24(30)26-15-14-20-10-6-4-7-11-20/h4-13,16,19H,14-15H2,1-3H3,(H,26,30). The van der Waals surface area contributed by atoms with Gasteiger partial charge in [0.05, 0.1) is 17.3 Å². The molecule has 0 spiro atoms. The summed E-state index contributed by atoms with van der Waals surface area (Å²) in [7, 11) is 0. The van der Waals surface area contributed by atoms with Gasteiger partial charge >= 0.3 is 0 Å². The summed E-state index contributed by atoms with van der Waals surface area (Å²) in [6.45, 7) is 6.24. The molecule has 2 heterocycles. The van der Waals surface area contributed by atoms with Gasteiger partial charge in [0.1, 0.15) is 6.04 Å². The first-order valence-electron chi connectivity index (χ1n) is 10.5. The number of nitrogens with zero attached hydrogens (tertiary/aromatic N) is 3. The van der Waals surface area contributed by atoms with Crippen LogP contribution < -0.4 is 10.9 Å². The molecule has 6 nitrogen and oxygen atoms in total. The van der Waals surface area contributed by atoms with Crippen molar-refractivity contribution in [1.29, 1.82) is 0 Å². The molecular weight excluding hydrogens is 388 g/mol. The number of rotatable bonds is 6. The van der Waals surface area contributed by atoms with Gasteiger partial charge in [-0.25, -0.2) is 0 Å². The summed E-state index contributed by atoms with van der Waals surface area (Å²) >= 11 is 0. The number of aromatic nitrogens is 3. The predicted molar refractivity (Wildman–Crippen MR) is 123 cm³/mol. The van der Waals surface area contributed by atoms with Gasteiger partial charge in [0, 0.05) is 23.3 Å². The summed E-state index contributed by atoms with van der Waals surface area (Å²) in [6, 6.07) is 19.0. The molecule has 1 atom stereocenters. The van der Waals surface area contributed by atoms with Crippen molar-refractivity contribution in [3.63, 3.8) is 0 Å². The van der Waals surface area contributed by atoms with E-state index in [4.69, 9.17) is 0 Å². The van der Waals surface area contributed by atoms with Gasteiger partial charge in [-0.05, 0) is 44.9 Å². The molecule has 2 aromatic carbocycles. The fraction of sp³-hybridized carbons (Fsp3) is 0.240. The van der Waals surface area contributed by atoms with Crippen LogP contribution in [0.15, 0.2) is 71.7 Å². The molecule has 0 radical (unpaired) electrons. The highest BCUT2D eigenvalue weighted by atomic mass is 16.2. The third-order valence-corrected chi connectivity index (χ3v) is 5.78. The average Bonchev–Trinajstić information content (AvgIpc) is 3.05.